The number of hydrogen-bond acceptors (Lipinski definition) is 2. The number of nitrogens with zero attached hydrogens (tertiary/aromatic N) is 1. The second-order valence-electron chi connectivity index (χ2n) is 5.15. The molecule has 1 aliphatic carbocycles. The summed E-state index contributed by atoms with van der Waals surface area (Å²) >= 11 is 5.86. The van der Waals surface area contributed by atoms with Crippen molar-refractivity contribution in [1.29, 1.82) is 5.26 Å². The van der Waals surface area contributed by atoms with Crippen LogP contribution in [0.5, 0.6) is 0 Å². The van der Waals surface area contributed by atoms with Crippen LogP contribution in [-0.2, 0) is 0 Å². The lowest BCUT2D eigenvalue weighted by atomic mass is 9.77. The predicted octanol–water partition coefficient (Wildman–Crippen LogP) is 4.77. The molecule has 0 aliphatic heterocycles. The van der Waals surface area contributed by atoms with Gasteiger partial charge in [0.05, 0.1) is 12.0 Å². The molecule has 1 aromatic rings. The summed E-state index contributed by atoms with van der Waals surface area (Å²) in [6.07, 6.45) is -3.85. The number of nitriles is 1. The molecule has 1 aliphatic rings. The van der Waals surface area contributed by atoms with Crippen molar-refractivity contribution in [1.82, 2.24) is 0 Å². The Morgan fingerprint density at radius 1 is 1.30 bits per heavy atom. The first-order valence-electron chi connectivity index (χ1n) is 6.36. The van der Waals surface area contributed by atoms with Crippen molar-refractivity contribution in [2.45, 2.75) is 37.4 Å². The monoisotopic (exact) mass is 302 g/mol. The number of anilines is 1. The van der Waals surface area contributed by atoms with E-state index in [1.807, 2.05) is 0 Å². The molecule has 1 N–H and O–H groups in total. The Bertz CT molecular complexity index is 514. The normalized spacial score (nSPS) is 26.9. The third kappa shape index (κ3) is 3.37. The second kappa shape index (κ2) is 5.53. The zero-order valence-electron chi connectivity index (χ0n) is 10.7. The first kappa shape index (κ1) is 15.0. The Morgan fingerprint density at radius 3 is 2.45 bits per heavy atom. The van der Waals surface area contributed by atoms with Crippen molar-refractivity contribution >= 4 is 17.3 Å². The fourth-order valence-corrected chi connectivity index (χ4v) is 2.74. The van der Waals surface area contributed by atoms with Crippen LogP contribution in [0.4, 0.5) is 18.9 Å². The van der Waals surface area contributed by atoms with E-state index < -0.39 is 17.6 Å². The minimum atomic E-state index is -4.17. The maximum atomic E-state index is 12.7. The lowest BCUT2D eigenvalue weighted by Crippen LogP contribution is -2.43. The Morgan fingerprint density at radius 2 is 1.95 bits per heavy atom. The van der Waals surface area contributed by atoms with E-state index >= 15 is 0 Å². The fraction of sp³-hybridized carbons (Fsp3) is 0.500. The minimum Gasteiger partial charge on any atom is -0.367 e. The van der Waals surface area contributed by atoms with E-state index in [9.17, 15) is 18.4 Å². The number of hydrogen-bond donors (Lipinski definition) is 1. The molecule has 1 saturated carbocycles. The van der Waals surface area contributed by atoms with Crippen molar-refractivity contribution in [3.8, 4) is 6.07 Å². The third-order valence-corrected chi connectivity index (χ3v) is 3.96. The molecule has 1 fully saturated rings. The average Bonchev–Trinajstić information content (AvgIpc) is 2.38. The van der Waals surface area contributed by atoms with Gasteiger partial charge in [-0.3, -0.25) is 0 Å². The van der Waals surface area contributed by atoms with Crippen molar-refractivity contribution in [3.05, 3.63) is 29.3 Å². The third-order valence-electron chi connectivity index (χ3n) is 3.72. The van der Waals surface area contributed by atoms with Crippen LogP contribution in [-0.4, -0.2) is 11.7 Å². The summed E-state index contributed by atoms with van der Waals surface area (Å²) in [5.74, 6) is -1.30. The molecule has 1 aromatic carbocycles. The molecule has 20 heavy (non-hydrogen) atoms. The molecule has 0 atom stereocenters. The lowest BCUT2D eigenvalue weighted by Gasteiger charge is -2.36. The molecule has 0 unspecified atom stereocenters. The summed E-state index contributed by atoms with van der Waals surface area (Å²) in [4.78, 5) is 0. The van der Waals surface area contributed by atoms with Gasteiger partial charge in [0.2, 0.25) is 0 Å². The van der Waals surface area contributed by atoms with E-state index in [1.54, 1.807) is 24.3 Å². The van der Waals surface area contributed by atoms with Crippen LogP contribution in [0.2, 0.25) is 5.02 Å². The van der Waals surface area contributed by atoms with Crippen molar-refractivity contribution in [2.75, 3.05) is 5.32 Å². The highest BCUT2D eigenvalue weighted by Gasteiger charge is 2.46. The Kier molecular flexibility index (Phi) is 4.14. The van der Waals surface area contributed by atoms with Gasteiger partial charge in [0, 0.05) is 10.7 Å². The maximum Gasteiger partial charge on any atom is 0.391 e. The second-order valence-corrected chi connectivity index (χ2v) is 5.58. The molecule has 0 saturated heterocycles. The smallest absolute Gasteiger partial charge is 0.367 e. The van der Waals surface area contributed by atoms with Crippen LogP contribution >= 0.6 is 11.6 Å². The molecular weight excluding hydrogens is 289 g/mol. The van der Waals surface area contributed by atoms with Gasteiger partial charge in [-0.1, -0.05) is 17.7 Å². The standard InChI is InChI=1S/C14H14ClF3N2/c15-11-2-1-3-12(8-11)20-13(9-19)6-4-10(5-7-13)14(16,17)18/h1-3,8,10,20H,4-7H2. The zero-order chi connectivity index (χ0) is 14.8. The fourth-order valence-electron chi connectivity index (χ4n) is 2.55. The minimum absolute atomic E-state index is 0.0232. The summed E-state index contributed by atoms with van der Waals surface area (Å²) in [5, 5.41) is 12.9. The quantitative estimate of drug-likeness (QED) is 0.854. The predicted molar refractivity (Wildman–Crippen MR) is 71.4 cm³/mol. The Hall–Kier alpha value is -1.41. The van der Waals surface area contributed by atoms with Crippen LogP contribution in [0.3, 0.4) is 0 Å². The largest absolute Gasteiger partial charge is 0.391 e. The number of nitrogens with one attached hydrogen (secondary N) is 1. The number of benzene rings is 1. The van der Waals surface area contributed by atoms with E-state index in [0.717, 1.165) is 0 Å². The summed E-state index contributed by atoms with van der Waals surface area (Å²) in [5.41, 5.74) is -0.281. The van der Waals surface area contributed by atoms with Crippen LogP contribution < -0.4 is 5.32 Å². The van der Waals surface area contributed by atoms with E-state index in [1.165, 1.54) is 0 Å². The van der Waals surface area contributed by atoms with Gasteiger partial charge < -0.3 is 5.32 Å². The van der Waals surface area contributed by atoms with Crippen molar-refractivity contribution < 1.29 is 13.2 Å². The molecule has 0 aromatic heterocycles. The molecule has 2 rings (SSSR count). The van der Waals surface area contributed by atoms with E-state index in [0.29, 0.717) is 10.7 Å². The van der Waals surface area contributed by atoms with Crippen molar-refractivity contribution in [2.24, 2.45) is 5.92 Å². The zero-order valence-corrected chi connectivity index (χ0v) is 11.4. The van der Waals surface area contributed by atoms with Crippen LogP contribution in [0.15, 0.2) is 24.3 Å². The van der Waals surface area contributed by atoms with Crippen LogP contribution in [0.25, 0.3) is 0 Å². The topological polar surface area (TPSA) is 35.8 Å². The molecule has 6 heteroatoms. The molecule has 108 valence electrons. The highest BCUT2D eigenvalue weighted by Crippen LogP contribution is 2.42. The molecule has 0 radical (unpaired) electrons. The average molecular weight is 303 g/mol. The summed E-state index contributed by atoms with van der Waals surface area (Å²) in [6, 6.07) is 8.98. The van der Waals surface area contributed by atoms with Gasteiger partial charge >= 0.3 is 6.18 Å². The van der Waals surface area contributed by atoms with Gasteiger partial charge in [-0.15, -0.1) is 0 Å². The van der Waals surface area contributed by atoms with Gasteiger partial charge in [0.15, 0.2) is 0 Å². The van der Waals surface area contributed by atoms with E-state index in [-0.39, 0.29) is 25.7 Å². The highest BCUT2D eigenvalue weighted by atomic mass is 35.5. The van der Waals surface area contributed by atoms with Gasteiger partial charge in [-0.2, -0.15) is 18.4 Å². The van der Waals surface area contributed by atoms with Crippen molar-refractivity contribution in [3.63, 3.8) is 0 Å². The van der Waals surface area contributed by atoms with Crippen LogP contribution in [0.1, 0.15) is 25.7 Å². The van der Waals surface area contributed by atoms with Gasteiger partial charge in [0.1, 0.15) is 5.54 Å². The van der Waals surface area contributed by atoms with Gasteiger partial charge in [-0.25, -0.2) is 0 Å². The molecule has 0 amide bonds. The van der Waals surface area contributed by atoms with Gasteiger partial charge in [-0.05, 0) is 43.9 Å². The summed E-state index contributed by atoms with van der Waals surface area (Å²) < 4.78 is 38.0. The molecule has 0 spiro atoms. The Balaban J connectivity index is 2.08. The van der Waals surface area contributed by atoms with E-state index in [4.69, 9.17) is 11.6 Å². The maximum absolute atomic E-state index is 12.7. The van der Waals surface area contributed by atoms with Crippen LogP contribution in [0, 0.1) is 17.2 Å². The van der Waals surface area contributed by atoms with Gasteiger partial charge in [0.25, 0.3) is 0 Å². The first-order chi connectivity index (χ1) is 9.35. The SMILES string of the molecule is N#CC1(Nc2cccc(Cl)c2)CCC(C(F)(F)F)CC1. The molecular formula is C14H14ClF3N2. The molecule has 0 bridgehead atoms. The number of halogens is 4. The molecule has 2 nitrogen and oxygen atoms in total. The summed E-state index contributed by atoms with van der Waals surface area (Å²) in [6.45, 7) is 0. The summed E-state index contributed by atoms with van der Waals surface area (Å²) in [7, 11) is 0. The number of rotatable bonds is 2. The number of alkyl halides is 3. The first-order valence-corrected chi connectivity index (χ1v) is 6.74. The Labute approximate surface area is 120 Å². The highest BCUT2D eigenvalue weighted by molar-refractivity contribution is 6.30. The molecule has 0 heterocycles. The lowest BCUT2D eigenvalue weighted by molar-refractivity contribution is -0.183. The van der Waals surface area contributed by atoms with E-state index in [2.05, 4.69) is 11.4 Å².